The van der Waals surface area contributed by atoms with Gasteiger partial charge in [0.2, 0.25) is 0 Å². The molecule has 74 valence electrons. The third kappa shape index (κ3) is 2.60. The van der Waals surface area contributed by atoms with Crippen LogP contribution < -0.4 is 0 Å². The summed E-state index contributed by atoms with van der Waals surface area (Å²) < 4.78 is 12.9. The van der Waals surface area contributed by atoms with Crippen LogP contribution in [0, 0.1) is 22.7 Å². The topological polar surface area (TPSA) is 47.6 Å². The molecule has 0 heterocycles. The van der Waals surface area contributed by atoms with Crippen molar-refractivity contribution in [3.05, 3.63) is 0 Å². The number of hydrogen-bond acceptors (Lipinski definition) is 2. The Morgan fingerprint density at radius 2 is 1.92 bits per heavy atom. The van der Waals surface area contributed by atoms with Crippen LogP contribution in [0.3, 0.4) is 0 Å². The Morgan fingerprint density at radius 3 is 2.15 bits per heavy atom. The predicted octanol–water partition coefficient (Wildman–Crippen LogP) is 2.91. The molecule has 2 nitrogen and oxygen atoms in total. The van der Waals surface area contributed by atoms with Crippen molar-refractivity contribution in [1.82, 2.24) is 0 Å². The zero-order valence-corrected chi connectivity index (χ0v) is 9.12. The highest BCUT2D eigenvalue weighted by Crippen LogP contribution is 2.58. The van der Waals surface area contributed by atoms with E-state index in [1.807, 2.05) is 6.07 Å². The van der Waals surface area contributed by atoms with E-state index in [1.165, 1.54) is 12.5 Å². The first-order valence-corrected chi connectivity index (χ1v) is 6.49. The van der Waals surface area contributed by atoms with Crippen LogP contribution in [-0.4, -0.2) is 17.3 Å². The molecule has 0 spiro atoms. The standard InChI is InChI=1S/C9H15FN2S/c1-4-9(8-12,6-5-7-11)13(2,3)10/h4-6H2,1-3H3. The lowest BCUT2D eigenvalue weighted by molar-refractivity contribution is 0.613. The molecule has 0 aromatic carbocycles. The number of nitrogens with zero attached hydrogens (tertiary/aromatic N) is 2. The Kier molecular flexibility index (Phi) is 4.23. The minimum atomic E-state index is -2.41. The zero-order chi connectivity index (χ0) is 10.5. The molecule has 0 aliphatic carbocycles. The molecule has 0 saturated heterocycles. The van der Waals surface area contributed by atoms with Crippen molar-refractivity contribution in [1.29, 1.82) is 10.5 Å². The summed E-state index contributed by atoms with van der Waals surface area (Å²) in [6, 6.07) is 4.01. The fraction of sp³-hybridized carbons (Fsp3) is 0.778. The minimum absolute atomic E-state index is 0.252. The van der Waals surface area contributed by atoms with Crippen molar-refractivity contribution >= 4 is 10.4 Å². The lowest BCUT2D eigenvalue weighted by Crippen LogP contribution is -2.29. The summed E-state index contributed by atoms with van der Waals surface area (Å²) >= 11 is 0. The van der Waals surface area contributed by atoms with Crippen LogP contribution in [-0.2, 0) is 0 Å². The van der Waals surface area contributed by atoms with Gasteiger partial charge in [-0.3, -0.25) is 0 Å². The van der Waals surface area contributed by atoms with Crippen LogP contribution in [0.1, 0.15) is 26.2 Å². The van der Waals surface area contributed by atoms with Gasteiger partial charge in [0.1, 0.15) is 4.75 Å². The van der Waals surface area contributed by atoms with Crippen LogP contribution >= 0.6 is 10.4 Å². The summed E-state index contributed by atoms with van der Waals surface area (Å²) in [6.07, 6.45) is 4.04. The monoisotopic (exact) mass is 202 g/mol. The molecule has 0 aromatic rings. The number of hydrogen-bond donors (Lipinski definition) is 0. The minimum Gasteiger partial charge on any atom is -0.198 e. The van der Waals surface area contributed by atoms with Crippen LogP contribution in [0.5, 0.6) is 0 Å². The number of halogens is 1. The highest BCUT2D eigenvalue weighted by atomic mass is 32.3. The van der Waals surface area contributed by atoms with Crippen LogP contribution in [0.15, 0.2) is 0 Å². The highest BCUT2D eigenvalue weighted by molar-refractivity contribution is 8.29. The molecule has 0 aliphatic rings. The zero-order valence-electron chi connectivity index (χ0n) is 8.30. The van der Waals surface area contributed by atoms with Crippen molar-refractivity contribution in [2.75, 3.05) is 12.5 Å². The fourth-order valence-electron chi connectivity index (χ4n) is 1.26. The third-order valence-electron chi connectivity index (χ3n) is 2.34. The molecule has 0 fully saturated rings. The van der Waals surface area contributed by atoms with Gasteiger partial charge in [-0.25, -0.2) is 0 Å². The maximum absolute atomic E-state index is 13.8. The second-order valence-corrected chi connectivity index (χ2v) is 6.51. The lowest BCUT2D eigenvalue weighted by atomic mass is 10.0. The van der Waals surface area contributed by atoms with E-state index in [-0.39, 0.29) is 6.42 Å². The van der Waals surface area contributed by atoms with Crippen molar-refractivity contribution in [3.63, 3.8) is 0 Å². The Balaban J connectivity index is 4.76. The molecule has 0 N–H and O–H groups in total. The third-order valence-corrected chi connectivity index (χ3v) is 4.79. The molecule has 0 aromatic heterocycles. The lowest BCUT2D eigenvalue weighted by Gasteiger charge is -2.38. The normalized spacial score (nSPS) is 16.8. The Hall–Kier alpha value is -0.740. The van der Waals surface area contributed by atoms with Crippen LogP contribution in [0.2, 0.25) is 0 Å². The van der Waals surface area contributed by atoms with E-state index in [0.717, 1.165) is 0 Å². The van der Waals surface area contributed by atoms with Crippen LogP contribution in [0.25, 0.3) is 0 Å². The summed E-state index contributed by atoms with van der Waals surface area (Å²) in [6.45, 7) is 1.80. The van der Waals surface area contributed by atoms with Gasteiger partial charge in [0, 0.05) is 6.42 Å². The average molecular weight is 202 g/mol. The second-order valence-electron chi connectivity index (χ2n) is 3.32. The maximum atomic E-state index is 13.8. The first-order valence-electron chi connectivity index (χ1n) is 4.14. The molecule has 13 heavy (non-hydrogen) atoms. The summed E-state index contributed by atoms with van der Waals surface area (Å²) in [5.74, 6) is 0. The van der Waals surface area contributed by atoms with Gasteiger partial charge < -0.3 is 0 Å². The van der Waals surface area contributed by atoms with Crippen molar-refractivity contribution in [3.8, 4) is 12.1 Å². The van der Waals surface area contributed by atoms with Gasteiger partial charge in [-0.15, -0.1) is 0 Å². The Labute approximate surface area is 81.0 Å². The summed E-state index contributed by atoms with van der Waals surface area (Å²) in [7, 11) is -2.41. The smallest absolute Gasteiger partial charge is 0.113 e. The Morgan fingerprint density at radius 1 is 1.38 bits per heavy atom. The molecule has 0 rings (SSSR count). The van der Waals surface area contributed by atoms with E-state index in [2.05, 4.69) is 6.07 Å². The molecule has 1 atom stereocenters. The highest BCUT2D eigenvalue weighted by Gasteiger charge is 2.40. The van der Waals surface area contributed by atoms with Crippen molar-refractivity contribution in [2.24, 2.45) is 0 Å². The van der Waals surface area contributed by atoms with Gasteiger partial charge in [0.15, 0.2) is 0 Å². The quantitative estimate of drug-likeness (QED) is 0.703. The van der Waals surface area contributed by atoms with Gasteiger partial charge in [-0.05, 0) is 25.4 Å². The average Bonchev–Trinajstić information content (AvgIpc) is 2.05. The predicted molar refractivity (Wildman–Crippen MR) is 54.0 cm³/mol. The van der Waals surface area contributed by atoms with Crippen molar-refractivity contribution in [2.45, 2.75) is 30.9 Å². The second kappa shape index (κ2) is 4.48. The summed E-state index contributed by atoms with van der Waals surface area (Å²) in [5.41, 5.74) is 0. The van der Waals surface area contributed by atoms with E-state index in [0.29, 0.717) is 12.8 Å². The first-order chi connectivity index (χ1) is 5.93. The largest absolute Gasteiger partial charge is 0.198 e. The molecule has 0 radical (unpaired) electrons. The van der Waals surface area contributed by atoms with Gasteiger partial charge in [0.25, 0.3) is 0 Å². The summed E-state index contributed by atoms with van der Waals surface area (Å²) in [4.78, 5) is 0. The number of rotatable bonds is 4. The molecular weight excluding hydrogens is 187 g/mol. The van der Waals surface area contributed by atoms with E-state index >= 15 is 0 Å². The van der Waals surface area contributed by atoms with Crippen LogP contribution in [0.4, 0.5) is 3.89 Å². The fourth-order valence-corrected chi connectivity index (χ4v) is 2.76. The summed E-state index contributed by atoms with van der Waals surface area (Å²) in [5, 5.41) is 17.4. The molecule has 0 bridgehead atoms. The van der Waals surface area contributed by atoms with Gasteiger partial charge >= 0.3 is 0 Å². The molecule has 0 saturated carbocycles. The van der Waals surface area contributed by atoms with E-state index < -0.39 is 15.2 Å². The molecule has 0 aliphatic heterocycles. The first kappa shape index (κ1) is 12.3. The van der Waals surface area contributed by atoms with E-state index in [9.17, 15) is 3.89 Å². The molecular formula is C9H15FN2S. The van der Waals surface area contributed by atoms with Gasteiger partial charge in [-0.1, -0.05) is 17.3 Å². The molecule has 1 unspecified atom stereocenters. The van der Waals surface area contributed by atoms with Crippen molar-refractivity contribution < 1.29 is 3.89 Å². The number of nitriles is 2. The molecule has 0 amide bonds. The molecule has 4 heteroatoms. The van der Waals surface area contributed by atoms with Gasteiger partial charge in [-0.2, -0.15) is 14.4 Å². The van der Waals surface area contributed by atoms with E-state index in [1.54, 1.807) is 6.92 Å². The van der Waals surface area contributed by atoms with Gasteiger partial charge in [0.05, 0.1) is 12.1 Å². The maximum Gasteiger partial charge on any atom is 0.113 e. The van der Waals surface area contributed by atoms with E-state index in [4.69, 9.17) is 10.5 Å². The SMILES string of the molecule is CCC(C#N)(CCC#N)S(C)(C)F. The Bertz CT molecular complexity index is 246.